The summed E-state index contributed by atoms with van der Waals surface area (Å²) in [6.45, 7) is 10.7. The van der Waals surface area contributed by atoms with E-state index in [4.69, 9.17) is 0 Å². The van der Waals surface area contributed by atoms with Crippen LogP contribution < -0.4 is 9.80 Å². The van der Waals surface area contributed by atoms with Crippen molar-refractivity contribution in [3.05, 3.63) is 53.1 Å². The zero-order chi connectivity index (χ0) is 25.3. The summed E-state index contributed by atoms with van der Waals surface area (Å²) in [5.41, 5.74) is 5.36. The molecule has 0 bridgehead atoms. The molecule has 4 rings (SSSR count). The first-order chi connectivity index (χ1) is 16.6. The molecule has 188 valence electrons. The lowest BCUT2D eigenvalue weighted by molar-refractivity contribution is -0.131. The van der Waals surface area contributed by atoms with Crippen molar-refractivity contribution in [2.75, 3.05) is 41.7 Å². The number of piperazine rings is 1. The van der Waals surface area contributed by atoms with Crippen LogP contribution in [0.2, 0.25) is 0 Å². The molecule has 8 heteroatoms. The first kappa shape index (κ1) is 25.2. The molecular formula is C27H35N3O4S. The number of rotatable bonds is 6. The predicted molar refractivity (Wildman–Crippen MR) is 139 cm³/mol. The van der Waals surface area contributed by atoms with Crippen LogP contribution in [0, 0.1) is 13.8 Å². The maximum Gasteiger partial charge on any atom is 0.226 e. The Labute approximate surface area is 208 Å². The van der Waals surface area contributed by atoms with E-state index < -0.39 is 9.84 Å². The molecule has 2 aliphatic heterocycles. The van der Waals surface area contributed by atoms with Crippen LogP contribution in [0.25, 0.3) is 0 Å². The largest absolute Gasteiger partial charge is 0.368 e. The van der Waals surface area contributed by atoms with E-state index >= 15 is 0 Å². The molecule has 0 aromatic heterocycles. The highest BCUT2D eigenvalue weighted by Crippen LogP contribution is 2.34. The SMILES string of the molecule is CCC(=O)N1c2ccc(S(=O)(=O)CCC(=O)N3CCN(c4cccc(C)c4C)CC3)cc2CC1C. The van der Waals surface area contributed by atoms with Crippen molar-refractivity contribution in [1.29, 1.82) is 0 Å². The van der Waals surface area contributed by atoms with Gasteiger partial charge in [0.2, 0.25) is 11.8 Å². The molecule has 1 fully saturated rings. The van der Waals surface area contributed by atoms with Crippen molar-refractivity contribution in [3.63, 3.8) is 0 Å². The van der Waals surface area contributed by atoms with Crippen molar-refractivity contribution in [2.45, 2.75) is 57.9 Å². The van der Waals surface area contributed by atoms with E-state index in [1.165, 1.54) is 16.8 Å². The smallest absolute Gasteiger partial charge is 0.226 e. The van der Waals surface area contributed by atoms with Crippen molar-refractivity contribution in [1.82, 2.24) is 4.90 Å². The molecule has 1 unspecified atom stereocenters. The number of amides is 2. The highest BCUT2D eigenvalue weighted by molar-refractivity contribution is 7.91. The van der Waals surface area contributed by atoms with Crippen LogP contribution in [0.15, 0.2) is 41.3 Å². The van der Waals surface area contributed by atoms with Gasteiger partial charge in [-0.1, -0.05) is 19.1 Å². The molecule has 2 aromatic carbocycles. The van der Waals surface area contributed by atoms with Crippen LogP contribution >= 0.6 is 0 Å². The Morgan fingerprint density at radius 2 is 1.69 bits per heavy atom. The Kier molecular flexibility index (Phi) is 7.22. The van der Waals surface area contributed by atoms with E-state index in [1.807, 2.05) is 13.8 Å². The molecule has 0 radical (unpaired) electrons. The van der Waals surface area contributed by atoms with E-state index in [0.717, 1.165) is 24.3 Å². The van der Waals surface area contributed by atoms with Crippen molar-refractivity contribution >= 4 is 33.0 Å². The third-order valence-electron chi connectivity index (χ3n) is 7.33. The highest BCUT2D eigenvalue weighted by atomic mass is 32.2. The molecule has 2 amide bonds. The average Bonchev–Trinajstić information content (AvgIpc) is 3.19. The average molecular weight is 498 g/mol. The highest BCUT2D eigenvalue weighted by Gasteiger charge is 2.31. The molecule has 7 nitrogen and oxygen atoms in total. The molecule has 0 saturated carbocycles. The molecule has 1 saturated heterocycles. The zero-order valence-corrected chi connectivity index (χ0v) is 21.9. The van der Waals surface area contributed by atoms with Crippen molar-refractivity contribution in [2.24, 2.45) is 0 Å². The predicted octanol–water partition coefficient (Wildman–Crippen LogP) is 3.50. The Morgan fingerprint density at radius 3 is 2.37 bits per heavy atom. The second-order valence-corrected chi connectivity index (χ2v) is 11.7. The molecule has 2 heterocycles. The summed E-state index contributed by atoms with van der Waals surface area (Å²) in [6, 6.07) is 11.3. The number of hydrogen-bond donors (Lipinski definition) is 0. The van der Waals surface area contributed by atoms with Crippen LogP contribution in [-0.4, -0.2) is 63.1 Å². The van der Waals surface area contributed by atoms with Gasteiger partial charge in [0.05, 0.1) is 10.6 Å². The van der Waals surface area contributed by atoms with Gasteiger partial charge in [0.1, 0.15) is 0 Å². The monoisotopic (exact) mass is 497 g/mol. The lowest BCUT2D eigenvalue weighted by atomic mass is 10.1. The van der Waals surface area contributed by atoms with Gasteiger partial charge in [-0.15, -0.1) is 0 Å². The first-order valence-electron chi connectivity index (χ1n) is 12.4. The van der Waals surface area contributed by atoms with E-state index in [0.29, 0.717) is 25.9 Å². The summed E-state index contributed by atoms with van der Waals surface area (Å²) in [5, 5.41) is 0. The summed E-state index contributed by atoms with van der Waals surface area (Å²) in [6.07, 6.45) is 1.01. The summed E-state index contributed by atoms with van der Waals surface area (Å²) < 4.78 is 26.0. The number of carbonyl (C=O) groups excluding carboxylic acids is 2. The number of anilines is 2. The van der Waals surface area contributed by atoms with Crippen LogP contribution in [-0.2, 0) is 25.8 Å². The number of sulfone groups is 1. The fourth-order valence-electron chi connectivity index (χ4n) is 5.12. The number of benzene rings is 2. The molecule has 2 aromatic rings. The van der Waals surface area contributed by atoms with Crippen LogP contribution in [0.1, 0.15) is 43.4 Å². The van der Waals surface area contributed by atoms with Gasteiger partial charge in [0.25, 0.3) is 0 Å². The molecule has 1 atom stereocenters. The van der Waals surface area contributed by atoms with E-state index in [-0.39, 0.29) is 34.9 Å². The maximum atomic E-state index is 13.0. The van der Waals surface area contributed by atoms with Crippen molar-refractivity contribution < 1.29 is 18.0 Å². The first-order valence-corrected chi connectivity index (χ1v) is 14.0. The van der Waals surface area contributed by atoms with E-state index in [1.54, 1.807) is 28.0 Å². The van der Waals surface area contributed by atoms with Crippen molar-refractivity contribution in [3.8, 4) is 0 Å². The van der Waals surface area contributed by atoms with Gasteiger partial charge >= 0.3 is 0 Å². The second-order valence-electron chi connectivity index (χ2n) is 9.62. The van der Waals surface area contributed by atoms with Gasteiger partial charge in [-0.25, -0.2) is 8.42 Å². The molecule has 2 aliphatic rings. The van der Waals surface area contributed by atoms with Gasteiger partial charge in [-0.3, -0.25) is 9.59 Å². The molecule has 0 N–H and O–H groups in total. The van der Waals surface area contributed by atoms with Crippen LogP contribution in [0.3, 0.4) is 0 Å². The minimum Gasteiger partial charge on any atom is -0.368 e. The summed E-state index contributed by atoms with van der Waals surface area (Å²) in [4.78, 5) is 31.2. The Balaban J connectivity index is 1.36. The fraction of sp³-hybridized carbons (Fsp3) is 0.481. The second kappa shape index (κ2) is 10.0. The third kappa shape index (κ3) is 5.08. The number of hydrogen-bond acceptors (Lipinski definition) is 5. The van der Waals surface area contributed by atoms with Crippen LogP contribution in [0.4, 0.5) is 11.4 Å². The molecule has 0 aliphatic carbocycles. The molecule has 0 spiro atoms. The quantitative estimate of drug-likeness (QED) is 0.610. The number of nitrogens with zero attached hydrogens (tertiary/aromatic N) is 3. The third-order valence-corrected chi connectivity index (χ3v) is 9.04. The minimum absolute atomic E-state index is 0.0132. The van der Waals surface area contributed by atoms with Gasteiger partial charge < -0.3 is 14.7 Å². The zero-order valence-electron chi connectivity index (χ0n) is 21.1. The summed E-state index contributed by atoms with van der Waals surface area (Å²) in [7, 11) is -3.60. The maximum absolute atomic E-state index is 13.0. The number of fused-ring (bicyclic) bond motifs is 1. The fourth-order valence-corrected chi connectivity index (χ4v) is 6.40. The molecule has 35 heavy (non-hydrogen) atoms. The number of carbonyl (C=O) groups is 2. The standard InChI is InChI=1S/C27H35N3O4S/c1-5-26(31)30-20(3)17-22-18-23(9-10-25(22)30)35(33,34)16-11-27(32)29-14-12-28(13-15-29)24-8-6-7-19(2)21(24)4/h6-10,18,20H,5,11-17H2,1-4H3. The summed E-state index contributed by atoms with van der Waals surface area (Å²) >= 11 is 0. The van der Waals surface area contributed by atoms with E-state index in [2.05, 4.69) is 36.9 Å². The van der Waals surface area contributed by atoms with Crippen LogP contribution in [0.5, 0.6) is 0 Å². The number of aryl methyl sites for hydroxylation is 1. The van der Waals surface area contributed by atoms with Gasteiger partial charge in [0, 0.05) is 56.4 Å². The Bertz CT molecular complexity index is 1230. The lowest BCUT2D eigenvalue weighted by Gasteiger charge is -2.37. The molecular weight excluding hydrogens is 462 g/mol. The normalized spacial score (nSPS) is 18.1. The van der Waals surface area contributed by atoms with Gasteiger partial charge in [-0.05, 0) is 68.1 Å². The van der Waals surface area contributed by atoms with Gasteiger partial charge in [-0.2, -0.15) is 0 Å². The van der Waals surface area contributed by atoms with E-state index in [9.17, 15) is 18.0 Å². The lowest BCUT2D eigenvalue weighted by Crippen LogP contribution is -2.49. The summed E-state index contributed by atoms with van der Waals surface area (Å²) in [5.74, 6) is -0.298. The van der Waals surface area contributed by atoms with Gasteiger partial charge in [0.15, 0.2) is 9.84 Å². The topological polar surface area (TPSA) is 78.0 Å². The Hall–Kier alpha value is -2.87. The minimum atomic E-state index is -3.60. The Morgan fingerprint density at radius 1 is 0.971 bits per heavy atom.